The largest absolute Gasteiger partial charge is 0.343 e. The Morgan fingerprint density at radius 3 is 2.74 bits per heavy atom. The van der Waals surface area contributed by atoms with Gasteiger partial charge in [0, 0.05) is 24.9 Å². The molecule has 1 N–H and O–H groups in total. The molecule has 0 spiro atoms. The number of nitrogens with zero attached hydrogens (tertiary/aromatic N) is 2. The van der Waals surface area contributed by atoms with Crippen molar-refractivity contribution in [3.05, 3.63) is 0 Å². The molecular formula is C14H27N3OS. The smallest absolute Gasteiger partial charge is 0.232 e. The molecule has 2 heterocycles. The minimum absolute atomic E-state index is 0.295. The highest BCUT2D eigenvalue weighted by Gasteiger charge is 2.24. The van der Waals surface area contributed by atoms with Crippen LogP contribution in [0, 0.1) is 0 Å². The molecule has 1 unspecified atom stereocenters. The quantitative estimate of drug-likeness (QED) is 0.818. The number of amides is 1. The molecule has 0 aliphatic carbocycles. The van der Waals surface area contributed by atoms with E-state index < -0.39 is 0 Å². The van der Waals surface area contributed by atoms with Crippen molar-refractivity contribution >= 4 is 17.7 Å². The Balaban J connectivity index is 1.66. The van der Waals surface area contributed by atoms with Crippen LogP contribution in [0.5, 0.6) is 0 Å². The van der Waals surface area contributed by atoms with Crippen LogP contribution in [-0.4, -0.2) is 73.0 Å². The van der Waals surface area contributed by atoms with E-state index in [1.54, 1.807) is 0 Å². The molecule has 0 radical (unpaired) electrons. The van der Waals surface area contributed by atoms with E-state index in [4.69, 9.17) is 0 Å². The van der Waals surface area contributed by atoms with Crippen molar-refractivity contribution in [1.29, 1.82) is 0 Å². The molecular weight excluding hydrogens is 258 g/mol. The molecule has 110 valence electrons. The third kappa shape index (κ3) is 4.65. The first-order valence-corrected chi connectivity index (χ1v) is 8.48. The van der Waals surface area contributed by atoms with Gasteiger partial charge in [-0.05, 0) is 52.4 Å². The number of piperidine rings is 1. The standard InChI is InChI=1S/C14H27N3OS/c1-16-9-3-4-12(16)10-17(2)14(18)11-19-13-5-7-15-8-6-13/h12-13,15H,3-11H2,1-2H3. The highest BCUT2D eigenvalue weighted by molar-refractivity contribution is 8.00. The molecule has 5 heteroatoms. The summed E-state index contributed by atoms with van der Waals surface area (Å²) in [6.07, 6.45) is 4.91. The van der Waals surface area contributed by atoms with Gasteiger partial charge >= 0.3 is 0 Å². The number of carbonyl (C=O) groups is 1. The molecule has 2 fully saturated rings. The van der Waals surface area contributed by atoms with E-state index in [1.807, 2.05) is 23.7 Å². The Kier molecular flexibility index (Phi) is 5.98. The van der Waals surface area contributed by atoms with Crippen molar-refractivity contribution in [3.8, 4) is 0 Å². The van der Waals surface area contributed by atoms with E-state index in [2.05, 4.69) is 17.3 Å². The minimum atomic E-state index is 0.295. The molecule has 0 aromatic carbocycles. The molecule has 2 saturated heterocycles. The summed E-state index contributed by atoms with van der Waals surface area (Å²) in [4.78, 5) is 16.5. The Morgan fingerprint density at radius 2 is 2.11 bits per heavy atom. The van der Waals surface area contributed by atoms with Crippen LogP contribution in [-0.2, 0) is 4.79 Å². The number of thioether (sulfide) groups is 1. The molecule has 2 aliphatic heterocycles. The molecule has 2 aliphatic rings. The zero-order valence-electron chi connectivity index (χ0n) is 12.2. The maximum absolute atomic E-state index is 12.2. The van der Waals surface area contributed by atoms with Crippen LogP contribution in [0.25, 0.3) is 0 Å². The lowest BCUT2D eigenvalue weighted by molar-refractivity contribution is -0.127. The monoisotopic (exact) mass is 285 g/mol. The fourth-order valence-electron chi connectivity index (χ4n) is 2.89. The molecule has 2 rings (SSSR count). The van der Waals surface area contributed by atoms with Gasteiger partial charge in [-0.3, -0.25) is 4.79 Å². The number of rotatable bonds is 5. The van der Waals surface area contributed by atoms with E-state index >= 15 is 0 Å². The van der Waals surface area contributed by atoms with Crippen molar-refractivity contribution in [1.82, 2.24) is 15.1 Å². The van der Waals surface area contributed by atoms with Crippen molar-refractivity contribution in [2.24, 2.45) is 0 Å². The molecule has 1 amide bonds. The number of hydrogen-bond donors (Lipinski definition) is 1. The fourth-order valence-corrected chi connectivity index (χ4v) is 4.06. The highest BCUT2D eigenvalue weighted by atomic mass is 32.2. The van der Waals surface area contributed by atoms with Gasteiger partial charge in [0.25, 0.3) is 0 Å². The summed E-state index contributed by atoms with van der Waals surface area (Å²) in [6, 6.07) is 0.567. The van der Waals surface area contributed by atoms with Crippen LogP contribution in [0.2, 0.25) is 0 Å². The first kappa shape index (κ1) is 15.1. The lowest BCUT2D eigenvalue weighted by atomic mass is 10.2. The van der Waals surface area contributed by atoms with Crippen molar-refractivity contribution in [2.45, 2.75) is 37.0 Å². The maximum atomic E-state index is 12.2. The van der Waals surface area contributed by atoms with Gasteiger partial charge in [0.05, 0.1) is 5.75 Å². The average Bonchev–Trinajstić information content (AvgIpc) is 2.82. The van der Waals surface area contributed by atoms with E-state index in [1.165, 1.54) is 32.2 Å². The van der Waals surface area contributed by atoms with Gasteiger partial charge in [-0.25, -0.2) is 0 Å². The number of carbonyl (C=O) groups excluding carboxylic acids is 1. The second-order valence-electron chi connectivity index (χ2n) is 5.81. The fraction of sp³-hybridized carbons (Fsp3) is 0.929. The van der Waals surface area contributed by atoms with Crippen LogP contribution in [0.1, 0.15) is 25.7 Å². The summed E-state index contributed by atoms with van der Waals surface area (Å²) in [6.45, 7) is 4.28. The Hall–Kier alpha value is -0.260. The first-order chi connectivity index (χ1) is 9.16. The van der Waals surface area contributed by atoms with Crippen molar-refractivity contribution in [3.63, 3.8) is 0 Å². The number of likely N-dealkylation sites (N-methyl/N-ethyl adjacent to an activating group) is 2. The lowest BCUT2D eigenvalue weighted by Gasteiger charge is -2.27. The van der Waals surface area contributed by atoms with Crippen LogP contribution < -0.4 is 5.32 Å². The maximum Gasteiger partial charge on any atom is 0.232 e. The summed E-state index contributed by atoms with van der Waals surface area (Å²) in [5, 5.41) is 4.04. The van der Waals surface area contributed by atoms with Gasteiger partial charge in [-0.1, -0.05) is 0 Å². The second-order valence-corrected chi connectivity index (χ2v) is 7.10. The lowest BCUT2D eigenvalue weighted by Crippen LogP contribution is -2.40. The summed E-state index contributed by atoms with van der Waals surface area (Å²) in [5.74, 6) is 0.946. The molecule has 19 heavy (non-hydrogen) atoms. The van der Waals surface area contributed by atoms with E-state index in [0.717, 1.165) is 19.6 Å². The van der Waals surface area contributed by atoms with Crippen LogP contribution in [0.4, 0.5) is 0 Å². The summed E-state index contributed by atoms with van der Waals surface area (Å²) in [5.41, 5.74) is 0. The second kappa shape index (κ2) is 7.50. The van der Waals surface area contributed by atoms with Gasteiger partial charge in [0.1, 0.15) is 0 Å². The van der Waals surface area contributed by atoms with Gasteiger partial charge < -0.3 is 15.1 Å². The van der Waals surface area contributed by atoms with Gasteiger partial charge in [-0.2, -0.15) is 0 Å². The molecule has 0 aromatic heterocycles. The summed E-state index contributed by atoms with van der Waals surface area (Å²) in [7, 11) is 4.12. The number of hydrogen-bond acceptors (Lipinski definition) is 4. The van der Waals surface area contributed by atoms with Crippen molar-refractivity contribution < 1.29 is 4.79 Å². The summed E-state index contributed by atoms with van der Waals surface area (Å²) >= 11 is 1.85. The van der Waals surface area contributed by atoms with Gasteiger partial charge in [-0.15, -0.1) is 11.8 Å². The SMILES string of the molecule is CN(CC1CCCN1C)C(=O)CSC1CCNCC1. The summed E-state index contributed by atoms with van der Waals surface area (Å²) < 4.78 is 0. The number of nitrogens with one attached hydrogen (secondary N) is 1. The van der Waals surface area contributed by atoms with E-state index in [9.17, 15) is 4.79 Å². The van der Waals surface area contributed by atoms with Crippen LogP contribution in [0.15, 0.2) is 0 Å². The number of likely N-dealkylation sites (tertiary alicyclic amines) is 1. The molecule has 0 saturated carbocycles. The first-order valence-electron chi connectivity index (χ1n) is 7.43. The van der Waals surface area contributed by atoms with Gasteiger partial charge in [0.15, 0.2) is 0 Å². The zero-order valence-corrected chi connectivity index (χ0v) is 13.0. The van der Waals surface area contributed by atoms with E-state index in [0.29, 0.717) is 23.0 Å². The molecule has 1 atom stereocenters. The topological polar surface area (TPSA) is 35.6 Å². The average molecular weight is 285 g/mol. The predicted molar refractivity (Wildman–Crippen MR) is 81.6 cm³/mol. The van der Waals surface area contributed by atoms with Crippen molar-refractivity contribution in [2.75, 3.05) is 46.0 Å². The Bertz CT molecular complexity index is 294. The highest BCUT2D eigenvalue weighted by Crippen LogP contribution is 2.21. The normalized spacial score (nSPS) is 25.7. The minimum Gasteiger partial charge on any atom is -0.343 e. The van der Waals surface area contributed by atoms with Crippen LogP contribution in [0.3, 0.4) is 0 Å². The third-order valence-corrected chi connectivity index (χ3v) is 5.67. The molecule has 0 aromatic rings. The predicted octanol–water partition coefficient (Wildman–Crippen LogP) is 1.02. The molecule has 4 nitrogen and oxygen atoms in total. The van der Waals surface area contributed by atoms with E-state index in [-0.39, 0.29) is 0 Å². The zero-order chi connectivity index (χ0) is 13.7. The molecule has 0 bridgehead atoms. The van der Waals surface area contributed by atoms with Gasteiger partial charge in [0.2, 0.25) is 5.91 Å². The van der Waals surface area contributed by atoms with Crippen LogP contribution >= 0.6 is 11.8 Å². The Labute approximate surface area is 121 Å². The third-order valence-electron chi connectivity index (χ3n) is 4.31. The Morgan fingerprint density at radius 1 is 1.37 bits per heavy atom.